The number of anilines is 3. The molecule has 0 unspecified atom stereocenters. The van der Waals surface area contributed by atoms with Crippen molar-refractivity contribution in [1.82, 2.24) is 34.3 Å². The topological polar surface area (TPSA) is 128 Å². The summed E-state index contributed by atoms with van der Waals surface area (Å²) in [5, 5.41) is 6.57. The molecule has 190 valence electrons. The fourth-order valence-electron chi connectivity index (χ4n) is 4.49. The zero-order valence-electron chi connectivity index (χ0n) is 19.7. The third kappa shape index (κ3) is 4.46. The molecule has 3 N–H and O–H groups in total. The summed E-state index contributed by atoms with van der Waals surface area (Å²) in [6.07, 6.45) is 4.41. The van der Waals surface area contributed by atoms with Crippen molar-refractivity contribution >= 4 is 34.8 Å². The first-order chi connectivity index (χ1) is 17.3. The second-order valence-corrected chi connectivity index (χ2v) is 8.82. The molecule has 0 saturated carbocycles. The number of hydrogen-bond donors (Lipinski definition) is 2. The summed E-state index contributed by atoms with van der Waals surface area (Å²) in [4.78, 5) is 41.3. The quantitative estimate of drug-likeness (QED) is 0.539. The lowest BCUT2D eigenvalue weighted by molar-refractivity contribution is 0.102. The van der Waals surface area contributed by atoms with E-state index >= 15 is 0 Å². The molecule has 12 nitrogen and oxygen atoms in total. The lowest BCUT2D eigenvalue weighted by atomic mass is 10.2. The summed E-state index contributed by atoms with van der Waals surface area (Å²) in [5.41, 5.74) is 6.19. The molecule has 14 heteroatoms. The SMILES string of the molecule is CN1CCN(C(=O)N2CCN(c3c(F)cncc3NC(=O)c3c(N)nn4cc(F)cnc34)CC2)CC1. The number of halogens is 2. The Labute approximate surface area is 205 Å². The maximum absolute atomic E-state index is 14.9. The van der Waals surface area contributed by atoms with Crippen molar-refractivity contribution in [2.24, 2.45) is 0 Å². The Morgan fingerprint density at radius 1 is 0.972 bits per heavy atom. The van der Waals surface area contributed by atoms with E-state index in [1.807, 2.05) is 11.9 Å². The van der Waals surface area contributed by atoms with Crippen LogP contribution >= 0.6 is 0 Å². The third-order valence-corrected chi connectivity index (χ3v) is 6.46. The predicted molar refractivity (Wildman–Crippen MR) is 128 cm³/mol. The van der Waals surface area contributed by atoms with Crippen molar-refractivity contribution in [3.63, 3.8) is 0 Å². The number of aromatic nitrogens is 4. The Morgan fingerprint density at radius 3 is 2.33 bits per heavy atom. The van der Waals surface area contributed by atoms with Gasteiger partial charge in [0.15, 0.2) is 23.1 Å². The monoisotopic (exact) mass is 500 g/mol. The van der Waals surface area contributed by atoms with Gasteiger partial charge >= 0.3 is 6.03 Å². The van der Waals surface area contributed by atoms with Crippen LogP contribution < -0.4 is 16.0 Å². The molecule has 2 aliphatic rings. The van der Waals surface area contributed by atoms with E-state index < -0.39 is 17.5 Å². The summed E-state index contributed by atoms with van der Waals surface area (Å²) < 4.78 is 29.5. The highest BCUT2D eigenvalue weighted by Gasteiger charge is 2.30. The van der Waals surface area contributed by atoms with Crippen LogP contribution in [0.1, 0.15) is 10.4 Å². The van der Waals surface area contributed by atoms with Crippen LogP contribution in [0.2, 0.25) is 0 Å². The van der Waals surface area contributed by atoms with Crippen LogP contribution in [0.5, 0.6) is 0 Å². The highest BCUT2D eigenvalue weighted by molar-refractivity contribution is 6.12. The number of pyridine rings is 1. The Bertz CT molecular complexity index is 1300. The van der Waals surface area contributed by atoms with Crippen LogP contribution in [-0.2, 0) is 0 Å². The average molecular weight is 501 g/mol. The minimum absolute atomic E-state index is 0.0148. The van der Waals surface area contributed by atoms with E-state index in [-0.39, 0.29) is 34.4 Å². The summed E-state index contributed by atoms with van der Waals surface area (Å²) in [6.45, 7) is 4.61. The second kappa shape index (κ2) is 9.53. The summed E-state index contributed by atoms with van der Waals surface area (Å²) >= 11 is 0. The van der Waals surface area contributed by atoms with Crippen LogP contribution in [0.4, 0.5) is 30.8 Å². The number of carbonyl (C=O) groups excluding carboxylic acids is 2. The average Bonchev–Trinajstić information content (AvgIpc) is 3.19. The number of hydrogen-bond acceptors (Lipinski definition) is 8. The van der Waals surface area contributed by atoms with E-state index in [9.17, 15) is 18.4 Å². The third-order valence-electron chi connectivity index (χ3n) is 6.46. The molecule has 3 aromatic heterocycles. The number of nitrogen functional groups attached to an aromatic ring is 1. The van der Waals surface area contributed by atoms with Crippen LogP contribution in [0.25, 0.3) is 5.65 Å². The fraction of sp³-hybridized carbons (Fsp3) is 0.409. The number of fused-ring (bicyclic) bond motifs is 1. The number of rotatable bonds is 3. The van der Waals surface area contributed by atoms with Crippen molar-refractivity contribution in [3.8, 4) is 0 Å². The number of urea groups is 1. The molecule has 0 radical (unpaired) electrons. The van der Waals surface area contributed by atoms with Crippen LogP contribution in [0.15, 0.2) is 24.8 Å². The molecule has 0 aliphatic carbocycles. The minimum Gasteiger partial charge on any atom is -0.381 e. The van der Waals surface area contributed by atoms with E-state index in [1.165, 1.54) is 6.20 Å². The second-order valence-electron chi connectivity index (χ2n) is 8.82. The van der Waals surface area contributed by atoms with Gasteiger partial charge in [-0.15, -0.1) is 5.10 Å². The molecule has 0 bridgehead atoms. The molecule has 5 rings (SSSR count). The first kappa shape index (κ1) is 23.7. The molecule has 3 amide bonds. The minimum atomic E-state index is -0.681. The van der Waals surface area contributed by atoms with Crippen molar-refractivity contribution in [2.45, 2.75) is 0 Å². The molecular formula is C22H26F2N10O2. The largest absolute Gasteiger partial charge is 0.381 e. The molecule has 0 aromatic carbocycles. The highest BCUT2D eigenvalue weighted by atomic mass is 19.1. The number of likely N-dealkylation sites (N-methyl/N-ethyl adjacent to an activating group) is 1. The van der Waals surface area contributed by atoms with Gasteiger partial charge in [-0.05, 0) is 7.05 Å². The van der Waals surface area contributed by atoms with E-state index in [2.05, 4.69) is 25.3 Å². The van der Waals surface area contributed by atoms with Crippen molar-refractivity contribution < 1.29 is 18.4 Å². The van der Waals surface area contributed by atoms with Gasteiger partial charge in [0.25, 0.3) is 5.91 Å². The normalized spacial score (nSPS) is 17.0. The Morgan fingerprint density at radius 2 is 1.64 bits per heavy atom. The summed E-state index contributed by atoms with van der Waals surface area (Å²) in [5.74, 6) is -2.08. The van der Waals surface area contributed by atoms with Crippen molar-refractivity contribution in [3.05, 3.63) is 42.0 Å². The number of nitrogens with zero attached hydrogens (tertiary/aromatic N) is 8. The van der Waals surface area contributed by atoms with E-state index in [4.69, 9.17) is 5.73 Å². The van der Waals surface area contributed by atoms with Gasteiger partial charge in [0.1, 0.15) is 11.3 Å². The lowest BCUT2D eigenvalue weighted by Crippen LogP contribution is -2.56. The number of nitrogens with two attached hydrogens (primary N) is 1. The first-order valence-corrected chi connectivity index (χ1v) is 11.5. The molecule has 0 spiro atoms. The van der Waals surface area contributed by atoms with Crippen LogP contribution in [0, 0.1) is 11.6 Å². The van der Waals surface area contributed by atoms with Gasteiger partial charge in [0.2, 0.25) is 0 Å². The number of amides is 3. The molecule has 2 saturated heterocycles. The summed E-state index contributed by atoms with van der Waals surface area (Å²) in [7, 11) is 2.03. The van der Waals surface area contributed by atoms with Gasteiger partial charge in [-0.2, -0.15) is 0 Å². The molecule has 5 heterocycles. The van der Waals surface area contributed by atoms with E-state index in [0.29, 0.717) is 39.3 Å². The molecule has 0 atom stereocenters. The number of piperazine rings is 2. The molecular weight excluding hydrogens is 474 g/mol. The maximum atomic E-state index is 14.9. The zero-order valence-corrected chi connectivity index (χ0v) is 19.7. The molecule has 36 heavy (non-hydrogen) atoms. The Kier molecular flexibility index (Phi) is 6.26. The maximum Gasteiger partial charge on any atom is 0.320 e. The van der Waals surface area contributed by atoms with Crippen molar-refractivity contribution in [1.29, 1.82) is 0 Å². The molecule has 2 aliphatic heterocycles. The van der Waals surface area contributed by atoms with Gasteiger partial charge < -0.3 is 30.7 Å². The predicted octanol–water partition coefficient (Wildman–Crippen LogP) is 0.726. The van der Waals surface area contributed by atoms with Crippen molar-refractivity contribution in [2.75, 3.05) is 75.4 Å². The fourth-order valence-corrected chi connectivity index (χ4v) is 4.49. The summed E-state index contributed by atoms with van der Waals surface area (Å²) in [6, 6.07) is -0.0148. The number of nitrogens with one attached hydrogen (secondary N) is 1. The van der Waals surface area contributed by atoms with Gasteiger partial charge in [-0.3, -0.25) is 9.78 Å². The van der Waals surface area contributed by atoms with Gasteiger partial charge in [0, 0.05) is 52.4 Å². The highest BCUT2D eigenvalue weighted by Crippen LogP contribution is 2.30. The standard InChI is InChI=1S/C22H26F2N10O2/c1-30-2-4-32(5-3-30)22(36)33-8-6-31(7-9-33)18-15(24)11-26-12-16(18)28-21(35)17-19(25)29-34-13-14(23)10-27-20(17)34/h10-13H,2-9H2,1H3,(H2,25,29)(H,28,35). The van der Waals surface area contributed by atoms with E-state index in [1.54, 1.807) is 9.80 Å². The van der Waals surface area contributed by atoms with Gasteiger partial charge in [0.05, 0.1) is 30.5 Å². The number of carbonyl (C=O) groups is 2. The van der Waals surface area contributed by atoms with Crippen LogP contribution in [-0.4, -0.2) is 106 Å². The van der Waals surface area contributed by atoms with Gasteiger partial charge in [-0.25, -0.2) is 23.1 Å². The Hall–Kier alpha value is -4.07. The lowest BCUT2D eigenvalue weighted by Gasteiger charge is -2.40. The smallest absolute Gasteiger partial charge is 0.320 e. The zero-order chi connectivity index (χ0) is 25.4. The first-order valence-electron chi connectivity index (χ1n) is 11.5. The molecule has 2 fully saturated rings. The van der Waals surface area contributed by atoms with E-state index in [0.717, 1.165) is 36.2 Å². The van der Waals surface area contributed by atoms with Gasteiger partial charge in [-0.1, -0.05) is 0 Å². The molecule has 3 aromatic rings. The Balaban J connectivity index is 1.31. The van der Waals surface area contributed by atoms with Crippen LogP contribution in [0.3, 0.4) is 0 Å².